The fraction of sp³-hybridized carbons (Fsp3) is 0.827. The number of carbonyl (C=O) groups excluding carboxylic acids is 2. The molecule has 0 saturated heterocycles. The molecule has 374 valence electrons. The van der Waals surface area contributed by atoms with Gasteiger partial charge in [-0.1, -0.05) is 198 Å². The Hall–Kier alpha value is -2.30. The molecule has 0 aliphatic heterocycles. The van der Waals surface area contributed by atoms with Gasteiger partial charge in [0.1, 0.15) is 12.6 Å². The number of carbonyl (C=O) groups is 3. The van der Waals surface area contributed by atoms with Gasteiger partial charge in [0.25, 0.3) is 0 Å². The Balaban J connectivity index is 4.23. The van der Waals surface area contributed by atoms with Gasteiger partial charge in [0.2, 0.25) is 0 Å². The zero-order valence-electron chi connectivity index (χ0n) is 40.9. The Morgan fingerprint density at radius 3 is 1.27 bits per heavy atom. The number of carboxylic acid groups (broad SMARTS) is 1. The highest BCUT2D eigenvalue weighted by Gasteiger charge is 2.28. The molecule has 0 amide bonds. The molecule has 0 bridgehead atoms. The number of ether oxygens (including phenoxy) is 2. The van der Waals surface area contributed by atoms with Gasteiger partial charge in [0.05, 0.1) is 13.2 Å². The molecule has 0 fully saturated rings. The number of hydrogen-bond donors (Lipinski definition) is 3. The molecule has 1 unspecified atom stereocenters. The molecule has 4 N–H and O–H groups in total. The van der Waals surface area contributed by atoms with E-state index < -0.39 is 51.1 Å². The molecule has 0 aromatic heterocycles. The zero-order chi connectivity index (χ0) is 47.0. The molecule has 3 atom stereocenters. The highest BCUT2D eigenvalue weighted by Crippen LogP contribution is 2.43. The lowest BCUT2D eigenvalue weighted by Gasteiger charge is -2.20. The first-order chi connectivity index (χ1) is 31.1. The second-order valence-electron chi connectivity index (χ2n) is 17.7. The Labute approximate surface area is 391 Å². The van der Waals surface area contributed by atoms with Crippen molar-refractivity contribution in [2.24, 2.45) is 5.73 Å². The average molecular weight is 926 g/mol. The van der Waals surface area contributed by atoms with E-state index in [-0.39, 0.29) is 19.4 Å². The second-order valence-corrected chi connectivity index (χ2v) is 19.1. The molecule has 12 heteroatoms. The molecule has 0 aliphatic rings. The van der Waals surface area contributed by atoms with Crippen LogP contribution in [-0.2, 0) is 37.5 Å². The number of aliphatic carboxylic acids is 1. The largest absolute Gasteiger partial charge is 0.480 e. The van der Waals surface area contributed by atoms with Crippen LogP contribution in [0.1, 0.15) is 245 Å². The standard InChI is InChI=1S/C52H96NO10P/c1-3-5-7-9-11-13-15-17-19-21-23-24-26-27-29-31-33-35-37-39-41-43-50(54)60-45-48(46-61-64(58,59)62-47-49(53)52(56)57)63-51(55)44-42-40-38-36-34-32-30-28-25-22-20-18-16-14-12-10-8-6-4-2/h12,14,17-20,48-49H,3-11,13,15-16,21-47,53H2,1-2H3,(H,56,57)(H,58,59)/b14-12-,19-17-,20-18-/t48-,49+/m1/s1. The Bertz CT molecular complexity index is 1220. The van der Waals surface area contributed by atoms with Crippen LogP contribution in [0.15, 0.2) is 36.5 Å². The lowest BCUT2D eigenvalue weighted by atomic mass is 10.0. The molecule has 0 radical (unpaired) electrons. The molecule has 11 nitrogen and oxygen atoms in total. The highest BCUT2D eigenvalue weighted by molar-refractivity contribution is 7.47. The maximum absolute atomic E-state index is 12.7. The quantitative estimate of drug-likeness (QED) is 0.0229. The maximum atomic E-state index is 12.7. The number of esters is 2. The summed E-state index contributed by atoms with van der Waals surface area (Å²) in [5.41, 5.74) is 5.35. The molecule has 0 saturated carbocycles. The SMILES string of the molecule is CCCCC/C=C\C/C=C\CCCCCCCCCCCC(=O)O[C@H](COC(=O)CCCCCCCCCCCCC/C=C\CCCCCCCC)COP(=O)(O)OC[C@H](N)C(=O)O. The number of rotatable bonds is 49. The van der Waals surface area contributed by atoms with E-state index in [0.717, 1.165) is 51.4 Å². The summed E-state index contributed by atoms with van der Waals surface area (Å²) in [6.07, 6.45) is 53.4. The highest BCUT2D eigenvalue weighted by atomic mass is 31.2. The van der Waals surface area contributed by atoms with Crippen molar-refractivity contribution in [3.63, 3.8) is 0 Å². The molecule has 0 aliphatic carbocycles. The minimum absolute atomic E-state index is 0.157. The number of allylic oxidation sites excluding steroid dienone is 6. The van der Waals surface area contributed by atoms with Crippen LogP contribution in [0, 0.1) is 0 Å². The first kappa shape index (κ1) is 61.7. The number of nitrogens with two attached hydrogens (primary N) is 1. The predicted octanol–water partition coefficient (Wildman–Crippen LogP) is 14.7. The summed E-state index contributed by atoms with van der Waals surface area (Å²) in [5.74, 6) is -2.37. The van der Waals surface area contributed by atoms with Crippen LogP contribution in [0.5, 0.6) is 0 Å². The van der Waals surface area contributed by atoms with Crippen molar-refractivity contribution in [2.45, 2.75) is 257 Å². The van der Waals surface area contributed by atoms with E-state index in [9.17, 15) is 23.8 Å². The van der Waals surface area contributed by atoms with Crippen molar-refractivity contribution in [3.8, 4) is 0 Å². The lowest BCUT2D eigenvalue weighted by molar-refractivity contribution is -0.161. The van der Waals surface area contributed by atoms with E-state index in [2.05, 4.69) is 54.8 Å². The van der Waals surface area contributed by atoms with Crippen LogP contribution in [0.3, 0.4) is 0 Å². The van der Waals surface area contributed by atoms with E-state index in [0.29, 0.717) is 12.8 Å². The minimum atomic E-state index is -4.72. The Morgan fingerprint density at radius 1 is 0.484 bits per heavy atom. The summed E-state index contributed by atoms with van der Waals surface area (Å²) in [6.45, 7) is 2.81. The van der Waals surface area contributed by atoms with Crippen molar-refractivity contribution in [1.29, 1.82) is 0 Å². The van der Waals surface area contributed by atoms with Gasteiger partial charge in [-0.05, 0) is 70.6 Å². The molecular weight excluding hydrogens is 830 g/mol. The smallest absolute Gasteiger partial charge is 0.472 e. The number of hydrogen-bond acceptors (Lipinski definition) is 9. The maximum Gasteiger partial charge on any atom is 0.472 e. The Morgan fingerprint density at radius 2 is 0.828 bits per heavy atom. The summed E-state index contributed by atoms with van der Waals surface area (Å²) in [5, 5.41) is 8.92. The second kappa shape index (κ2) is 47.2. The van der Waals surface area contributed by atoms with Crippen LogP contribution < -0.4 is 5.73 Å². The van der Waals surface area contributed by atoms with Crippen LogP contribution in [-0.4, -0.2) is 59.9 Å². The predicted molar refractivity (Wildman–Crippen MR) is 263 cm³/mol. The number of carboxylic acids is 1. The van der Waals surface area contributed by atoms with Gasteiger partial charge >= 0.3 is 25.7 Å². The first-order valence-electron chi connectivity index (χ1n) is 26.0. The molecule has 0 heterocycles. The van der Waals surface area contributed by atoms with Gasteiger partial charge in [0, 0.05) is 12.8 Å². The third-order valence-corrected chi connectivity index (χ3v) is 12.3. The number of phosphoric acid groups is 1. The normalized spacial score (nSPS) is 13.8. The minimum Gasteiger partial charge on any atom is -0.480 e. The van der Waals surface area contributed by atoms with E-state index in [1.165, 1.54) is 154 Å². The molecule has 0 spiro atoms. The van der Waals surface area contributed by atoms with Gasteiger partial charge in [-0.3, -0.25) is 23.4 Å². The summed E-state index contributed by atoms with van der Waals surface area (Å²) in [6, 6.07) is -1.52. The molecule has 0 aromatic rings. The zero-order valence-corrected chi connectivity index (χ0v) is 41.8. The third kappa shape index (κ3) is 46.2. The monoisotopic (exact) mass is 926 g/mol. The van der Waals surface area contributed by atoms with Crippen molar-refractivity contribution < 1.29 is 47.5 Å². The summed E-state index contributed by atoms with van der Waals surface area (Å²) in [7, 11) is -4.72. The van der Waals surface area contributed by atoms with Gasteiger partial charge in [-0.15, -0.1) is 0 Å². The topological polar surface area (TPSA) is 172 Å². The summed E-state index contributed by atoms with van der Waals surface area (Å²) >= 11 is 0. The van der Waals surface area contributed by atoms with E-state index in [4.69, 9.17) is 24.8 Å². The van der Waals surface area contributed by atoms with Gasteiger partial charge in [-0.25, -0.2) is 4.57 Å². The van der Waals surface area contributed by atoms with E-state index in [1.54, 1.807) is 0 Å². The van der Waals surface area contributed by atoms with Crippen molar-refractivity contribution >= 4 is 25.7 Å². The fourth-order valence-corrected chi connectivity index (χ4v) is 8.05. The van der Waals surface area contributed by atoms with Crippen LogP contribution in [0.4, 0.5) is 0 Å². The molecule has 0 rings (SSSR count). The molecule has 64 heavy (non-hydrogen) atoms. The summed E-state index contributed by atoms with van der Waals surface area (Å²) in [4.78, 5) is 46.2. The Kier molecular flexibility index (Phi) is 45.5. The first-order valence-corrected chi connectivity index (χ1v) is 27.5. The van der Waals surface area contributed by atoms with Crippen LogP contribution >= 0.6 is 7.82 Å². The number of phosphoric ester groups is 1. The average Bonchev–Trinajstić information content (AvgIpc) is 3.27. The number of unbranched alkanes of at least 4 members (excludes halogenated alkanes) is 29. The van der Waals surface area contributed by atoms with E-state index in [1.807, 2.05) is 0 Å². The summed E-state index contributed by atoms with van der Waals surface area (Å²) < 4.78 is 32.9. The van der Waals surface area contributed by atoms with E-state index >= 15 is 0 Å². The van der Waals surface area contributed by atoms with Crippen molar-refractivity contribution in [1.82, 2.24) is 0 Å². The van der Waals surface area contributed by atoms with Gasteiger partial charge in [0.15, 0.2) is 6.10 Å². The lowest BCUT2D eigenvalue weighted by Crippen LogP contribution is -2.34. The van der Waals surface area contributed by atoms with Crippen LogP contribution in [0.25, 0.3) is 0 Å². The third-order valence-electron chi connectivity index (χ3n) is 11.4. The fourth-order valence-electron chi connectivity index (χ4n) is 7.27. The molecule has 0 aromatic carbocycles. The van der Waals surface area contributed by atoms with Crippen molar-refractivity contribution in [3.05, 3.63) is 36.5 Å². The van der Waals surface area contributed by atoms with Crippen LogP contribution in [0.2, 0.25) is 0 Å². The van der Waals surface area contributed by atoms with Crippen molar-refractivity contribution in [2.75, 3.05) is 19.8 Å². The molecular formula is C52H96NO10P. The van der Waals surface area contributed by atoms with Gasteiger partial charge < -0.3 is 25.2 Å². The van der Waals surface area contributed by atoms with Gasteiger partial charge in [-0.2, -0.15) is 0 Å².